The van der Waals surface area contributed by atoms with Crippen molar-refractivity contribution in [2.75, 3.05) is 0 Å². The van der Waals surface area contributed by atoms with Gasteiger partial charge in [-0.2, -0.15) is 0 Å². The zero-order chi connectivity index (χ0) is 15.6. The van der Waals surface area contributed by atoms with Crippen LogP contribution in [0.5, 0.6) is 5.75 Å². The molecule has 0 aliphatic rings. The zero-order valence-electron chi connectivity index (χ0n) is 12.2. The fourth-order valence-electron chi connectivity index (χ4n) is 2.00. The van der Waals surface area contributed by atoms with Crippen LogP contribution < -0.4 is 0 Å². The highest BCUT2D eigenvalue weighted by molar-refractivity contribution is 5.86. The fourth-order valence-corrected chi connectivity index (χ4v) is 2.00. The molecule has 0 unspecified atom stereocenters. The van der Waals surface area contributed by atoms with E-state index < -0.39 is 11.6 Å². The summed E-state index contributed by atoms with van der Waals surface area (Å²) in [7, 11) is 0. The molecule has 0 radical (unpaired) electrons. The van der Waals surface area contributed by atoms with Crippen molar-refractivity contribution in [3.8, 4) is 5.75 Å². The van der Waals surface area contributed by atoms with E-state index in [0.717, 1.165) is 17.7 Å². The Balaban J connectivity index is 2.38. The van der Waals surface area contributed by atoms with Gasteiger partial charge in [0.1, 0.15) is 11.6 Å². The predicted octanol–water partition coefficient (Wildman–Crippen LogP) is 4.72. The maximum absolute atomic E-state index is 13.5. The van der Waals surface area contributed by atoms with E-state index in [4.69, 9.17) is 0 Å². The monoisotopic (exact) mass is 289 g/mol. The van der Waals surface area contributed by atoms with Crippen molar-refractivity contribution < 1.29 is 13.9 Å². The van der Waals surface area contributed by atoms with Crippen LogP contribution in [-0.4, -0.2) is 11.3 Å². The van der Waals surface area contributed by atoms with Gasteiger partial charge < -0.3 is 5.11 Å². The van der Waals surface area contributed by atoms with Gasteiger partial charge in [-0.3, -0.25) is 4.99 Å². The Labute approximate surface area is 122 Å². The van der Waals surface area contributed by atoms with Gasteiger partial charge in [0, 0.05) is 17.8 Å². The molecule has 0 saturated heterocycles. The average Bonchev–Trinajstić information content (AvgIpc) is 2.38. The minimum atomic E-state index is -0.738. The predicted molar refractivity (Wildman–Crippen MR) is 80.4 cm³/mol. The number of para-hydroxylation sites is 1. The first-order valence-electron chi connectivity index (χ1n) is 6.60. The topological polar surface area (TPSA) is 32.6 Å². The highest BCUT2D eigenvalue weighted by atomic mass is 19.1. The molecule has 2 nitrogen and oxygen atoms in total. The molecule has 0 fully saturated rings. The van der Waals surface area contributed by atoms with Crippen LogP contribution in [0, 0.1) is 11.6 Å². The van der Waals surface area contributed by atoms with Crippen LogP contribution in [0.3, 0.4) is 0 Å². The van der Waals surface area contributed by atoms with Gasteiger partial charge in [0.25, 0.3) is 0 Å². The molecule has 0 atom stereocenters. The molecule has 2 rings (SSSR count). The lowest BCUT2D eigenvalue weighted by Gasteiger charge is -2.21. The highest BCUT2D eigenvalue weighted by Crippen LogP contribution is 2.32. The van der Waals surface area contributed by atoms with Gasteiger partial charge in [-0.15, -0.1) is 0 Å². The smallest absolute Gasteiger partial charge is 0.151 e. The van der Waals surface area contributed by atoms with Crippen molar-refractivity contribution in [2.45, 2.75) is 26.2 Å². The van der Waals surface area contributed by atoms with Crippen LogP contribution >= 0.6 is 0 Å². The fraction of sp³-hybridized carbons (Fsp3) is 0.235. The summed E-state index contributed by atoms with van der Waals surface area (Å²) in [5.74, 6) is -1.27. The number of phenols is 1. The highest BCUT2D eigenvalue weighted by Gasteiger charge is 2.19. The molecule has 0 amide bonds. The van der Waals surface area contributed by atoms with Crippen LogP contribution in [-0.2, 0) is 5.41 Å². The number of halogens is 2. The van der Waals surface area contributed by atoms with E-state index >= 15 is 0 Å². The van der Waals surface area contributed by atoms with E-state index in [-0.39, 0.29) is 16.9 Å². The summed E-state index contributed by atoms with van der Waals surface area (Å²) in [5.41, 5.74) is 1.09. The lowest BCUT2D eigenvalue weighted by Crippen LogP contribution is -2.11. The average molecular weight is 289 g/mol. The SMILES string of the molecule is CC(C)(C)c1cccc(C=Nc2ccc(F)cc2F)c1O. The van der Waals surface area contributed by atoms with Crippen LogP contribution in [0.1, 0.15) is 31.9 Å². The second-order valence-corrected chi connectivity index (χ2v) is 5.85. The molecule has 0 aromatic heterocycles. The quantitative estimate of drug-likeness (QED) is 0.797. The van der Waals surface area contributed by atoms with E-state index in [1.54, 1.807) is 6.07 Å². The summed E-state index contributed by atoms with van der Waals surface area (Å²) in [6, 6.07) is 8.51. The van der Waals surface area contributed by atoms with Crippen LogP contribution in [0.25, 0.3) is 0 Å². The number of nitrogens with zero attached hydrogens (tertiary/aromatic N) is 1. The van der Waals surface area contributed by atoms with E-state index in [0.29, 0.717) is 5.56 Å². The molecule has 2 aromatic carbocycles. The second-order valence-electron chi connectivity index (χ2n) is 5.85. The third-order valence-corrected chi connectivity index (χ3v) is 3.13. The van der Waals surface area contributed by atoms with Gasteiger partial charge in [-0.25, -0.2) is 8.78 Å². The molecule has 110 valence electrons. The largest absolute Gasteiger partial charge is 0.507 e. The second kappa shape index (κ2) is 5.64. The molecule has 2 aromatic rings. The molecular weight excluding hydrogens is 272 g/mol. The molecule has 21 heavy (non-hydrogen) atoms. The van der Waals surface area contributed by atoms with Crippen molar-refractivity contribution in [1.82, 2.24) is 0 Å². The molecule has 0 aliphatic carbocycles. The van der Waals surface area contributed by atoms with Gasteiger partial charge in [0.05, 0.1) is 5.69 Å². The van der Waals surface area contributed by atoms with Crippen molar-refractivity contribution in [1.29, 1.82) is 0 Å². The Kier molecular flexibility index (Phi) is 4.07. The van der Waals surface area contributed by atoms with Crippen molar-refractivity contribution in [3.05, 3.63) is 59.2 Å². The molecular formula is C17H17F2NO. The maximum Gasteiger partial charge on any atom is 0.151 e. The Morgan fingerprint density at radius 2 is 1.81 bits per heavy atom. The number of aromatic hydroxyl groups is 1. The Hall–Kier alpha value is -2.23. The van der Waals surface area contributed by atoms with E-state index in [1.807, 2.05) is 32.9 Å². The van der Waals surface area contributed by atoms with Gasteiger partial charge in [0.2, 0.25) is 0 Å². The first-order chi connectivity index (χ1) is 9.79. The van der Waals surface area contributed by atoms with Gasteiger partial charge >= 0.3 is 0 Å². The minimum Gasteiger partial charge on any atom is -0.507 e. The van der Waals surface area contributed by atoms with E-state index in [1.165, 1.54) is 12.3 Å². The third kappa shape index (κ3) is 3.45. The van der Waals surface area contributed by atoms with Crippen LogP contribution in [0.4, 0.5) is 14.5 Å². The van der Waals surface area contributed by atoms with Gasteiger partial charge in [-0.1, -0.05) is 32.9 Å². The summed E-state index contributed by atoms with van der Waals surface area (Å²) in [6.07, 6.45) is 1.38. The van der Waals surface area contributed by atoms with Crippen molar-refractivity contribution >= 4 is 11.9 Å². The lowest BCUT2D eigenvalue weighted by molar-refractivity contribution is 0.446. The zero-order valence-corrected chi connectivity index (χ0v) is 12.2. The lowest BCUT2D eigenvalue weighted by atomic mass is 9.85. The summed E-state index contributed by atoms with van der Waals surface area (Å²) >= 11 is 0. The first kappa shape index (κ1) is 15.2. The van der Waals surface area contributed by atoms with Gasteiger partial charge in [-0.05, 0) is 29.2 Å². The molecule has 1 N–H and O–H groups in total. The minimum absolute atomic E-state index is 0.0250. The number of hydrogen-bond acceptors (Lipinski definition) is 2. The molecule has 4 heteroatoms. The third-order valence-electron chi connectivity index (χ3n) is 3.13. The van der Waals surface area contributed by atoms with E-state index in [9.17, 15) is 13.9 Å². The normalized spacial score (nSPS) is 12.0. The number of hydrogen-bond donors (Lipinski definition) is 1. The van der Waals surface area contributed by atoms with Crippen LogP contribution in [0.15, 0.2) is 41.4 Å². The maximum atomic E-state index is 13.5. The number of aliphatic imine (C=N–C) groups is 1. The molecule has 0 bridgehead atoms. The molecule has 0 heterocycles. The van der Waals surface area contributed by atoms with Gasteiger partial charge in [0.15, 0.2) is 5.82 Å². The molecule has 0 saturated carbocycles. The molecule has 0 aliphatic heterocycles. The van der Waals surface area contributed by atoms with Crippen molar-refractivity contribution in [3.63, 3.8) is 0 Å². The Morgan fingerprint density at radius 1 is 1.10 bits per heavy atom. The van der Waals surface area contributed by atoms with Crippen LogP contribution in [0.2, 0.25) is 0 Å². The summed E-state index contributed by atoms with van der Waals surface area (Å²) < 4.78 is 26.3. The number of phenolic OH excluding ortho intramolecular Hbond substituents is 1. The summed E-state index contributed by atoms with van der Waals surface area (Å²) in [5, 5.41) is 10.3. The first-order valence-corrected chi connectivity index (χ1v) is 6.60. The Bertz CT molecular complexity index is 688. The number of rotatable bonds is 2. The summed E-state index contributed by atoms with van der Waals surface area (Å²) in [6.45, 7) is 5.97. The van der Waals surface area contributed by atoms with Crippen molar-refractivity contribution in [2.24, 2.45) is 4.99 Å². The number of benzene rings is 2. The van der Waals surface area contributed by atoms with E-state index in [2.05, 4.69) is 4.99 Å². The molecule has 0 spiro atoms. The Morgan fingerprint density at radius 3 is 2.43 bits per heavy atom. The standard InChI is InChI=1S/C17H17F2NO/c1-17(2,3)13-6-4-5-11(16(13)21)10-20-15-8-7-12(18)9-14(15)19/h4-10,21H,1-3H3. The summed E-state index contributed by atoms with van der Waals surface area (Å²) in [4.78, 5) is 3.97.